The van der Waals surface area contributed by atoms with E-state index in [1.54, 1.807) is 36.8 Å². The van der Waals surface area contributed by atoms with Gasteiger partial charge in [-0.15, -0.1) is 0 Å². The number of fused-ring (bicyclic) bond motifs is 1. The molecule has 2 aromatic carbocycles. The molecule has 0 aliphatic heterocycles. The molecule has 0 fully saturated rings. The number of halogens is 1. The number of rotatable bonds is 8. The molecular formula is C24H24ClN5O4. The largest absolute Gasteiger partial charge is 0.383 e. The molecule has 0 spiro atoms. The number of benzene rings is 2. The standard InChI is InChI=1S/C24H24ClN5O4/c1-16-12-18(25)8-9-19(16)27-20(31)14-30-23(32)21-22(26-15-28(21)10-11-34-2)29(24(30)33)13-17-6-4-3-5-7-17/h3-9,12,15H,10-11,13-14H2,1-2H3,(H,27,31). The molecular weight excluding hydrogens is 458 g/mol. The van der Waals surface area contributed by atoms with Crippen molar-refractivity contribution in [2.75, 3.05) is 19.0 Å². The number of amides is 1. The van der Waals surface area contributed by atoms with Crippen LogP contribution in [0.1, 0.15) is 11.1 Å². The molecule has 4 aromatic rings. The zero-order valence-corrected chi connectivity index (χ0v) is 19.6. The SMILES string of the molecule is COCCn1cnc2c1c(=O)n(CC(=O)Nc1ccc(Cl)cc1C)c(=O)n2Cc1ccccc1. The van der Waals surface area contributed by atoms with Gasteiger partial charge in [0.25, 0.3) is 5.56 Å². The van der Waals surface area contributed by atoms with Crippen molar-refractivity contribution in [1.82, 2.24) is 18.7 Å². The van der Waals surface area contributed by atoms with E-state index in [4.69, 9.17) is 16.3 Å². The number of carbonyl (C=O) groups excluding carboxylic acids is 1. The summed E-state index contributed by atoms with van der Waals surface area (Å²) >= 11 is 5.99. The topological polar surface area (TPSA) is 100 Å². The first-order valence-corrected chi connectivity index (χ1v) is 11.0. The van der Waals surface area contributed by atoms with Gasteiger partial charge in [0.1, 0.15) is 6.54 Å². The van der Waals surface area contributed by atoms with Gasteiger partial charge in [-0.05, 0) is 36.2 Å². The van der Waals surface area contributed by atoms with Crippen LogP contribution in [-0.2, 0) is 29.2 Å². The van der Waals surface area contributed by atoms with E-state index in [2.05, 4.69) is 10.3 Å². The van der Waals surface area contributed by atoms with Gasteiger partial charge in [-0.1, -0.05) is 41.9 Å². The van der Waals surface area contributed by atoms with Crippen molar-refractivity contribution >= 4 is 34.4 Å². The van der Waals surface area contributed by atoms with Crippen molar-refractivity contribution in [3.05, 3.63) is 91.8 Å². The molecule has 9 nitrogen and oxygen atoms in total. The Hall–Kier alpha value is -3.69. The molecule has 0 radical (unpaired) electrons. The molecule has 0 atom stereocenters. The number of nitrogens with zero attached hydrogens (tertiary/aromatic N) is 4. The second-order valence-electron chi connectivity index (χ2n) is 7.86. The van der Waals surface area contributed by atoms with Gasteiger partial charge in [-0.2, -0.15) is 0 Å². The van der Waals surface area contributed by atoms with E-state index in [0.29, 0.717) is 23.9 Å². The molecule has 2 aromatic heterocycles. The highest BCUT2D eigenvalue weighted by Crippen LogP contribution is 2.19. The van der Waals surface area contributed by atoms with Crippen molar-refractivity contribution in [2.24, 2.45) is 0 Å². The fraction of sp³-hybridized carbons (Fsp3) is 0.250. The highest BCUT2D eigenvalue weighted by molar-refractivity contribution is 6.30. The lowest BCUT2D eigenvalue weighted by Gasteiger charge is -2.13. The molecule has 0 saturated heterocycles. The lowest BCUT2D eigenvalue weighted by Crippen LogP contribution is -2.43. The minimum absolute atomic E-state index is 0.204. The van der Waals surface area contributed by atoms with E-state index in [-0.39, 0.29) is 17.7 Å². The third-order valence-corrected chi connectivity index (χ3v) is 5.70. The Bertz CT molecular complexity index is 1460. The number of aryl methyl sites for hydroxylation is 1. The molecule has 0 saturated carbocycles. The van der Waals surface area contributed by atoms with Crippen molar-refractivity contribution in [1.29, 1.82) is 0 Å². The number of nitrogens with one attached hydrogen (secondary N) is 1. The number of carbonyl (C=O) groups is 1. The number of anilines is 1. The summed E-state index contributed by atoms with van der Waals surface area (Å²) in [4.78, 5) is 43.9. The Morgan fingerprint density at radius 1 is 1.12 bits per heavy atom. The van der Waals surface area contributed by atoms with Crippen LogP contribution in [-0.4, -0.2) is 38.3 Å². The van der Waals surface area contributed by atoms with E-state index < -0.39 is 23.7 Å². The molecule has 1 N–H and O–H groups in total. The van der Waals surface area contributed by atoms with Gasteiger partial charge < -0.3 is 14.6 Å². The van der Waals surface area contributed by atoms with Gasteiger partial charge in [0.05, 0.1) is 19.5 Å². The first-order valence-electron chi connectivity index (χ1n) is 10.7. The van der Waals surface area contributed by atoms with Crippen LogP contribution in [0.4, 0.5) is 5.69 Å². The Kier molecular flexibility index (Phi) is 6.95. The average Bonchev–Trinajstić information content (AvgIpc) is 3.24. The zero-order valence-electron chi connectivity index (χ0n) is 18.8. The number of hydrogen-bond acceptors (Lipinski definition) is 5. The summed E-state index contributed by atoms with van der Waals surface area (Å²) in [5.41, 5.74) is 1.50. The normalized spacial score (nSPS) is 11.1. The summed E-state index contributed by atoms with van der Waals surface area (Å²) < 4.78 is 9.13. The Balaban J connectivity index is 1.77. The van der Waals surface area contributed by atoms with Crippen LogP contribution in [0.5, 0.6) is 0 Å². The van der Waals surface area contributed by atoms with E-state index in [9.17, 15) is 14.4 Å². The molecule has 34 heavy (non-hydrogen) atoms. The summed E-state index contributed by atoms with van der Waals surface area (Å²) in [6.45, 7) is 2.30. The van der Waals surface area contributed by atoms with Crippen LogP contribution in [0.3, 0.4) is 0 Å². The fourth-order valence-corrected chi connectivity index (χ4v) is 3.97. The smallest absolute Gasteiger partial charge is 0.333 e. The molecule has 10 heteroatoms. The van der Waals surface area contributed by atoms with Gasteiger partial charge in [0.2, 0.25) is 5.91 Å². The van der Waals surface area contributed by atoms with Gasteiger partial charge in [0, 0.05) is 24.4 Å². The maximum atomic E-state index is 13.4. The summed E-state index contributed by atoms with van der Waals surface area (Å²) in [6, 6.07) is 14.4. The monoisotopic (exact) mass is 481 g/mol. The molecule has 1 amide bonds. The van der Waals surface area contributed by atoms with Gasteiger partial charge in [-0.25, -0.2) is 14.3 Å². The maximum Gasteiger partial charge on any atom is 0.333 e. The third-order valence-electron chi connectivity index (χ3n) is 5.47. The summed E-state index contributed by atoms with van der Waals surface area (Å²) in [5.74, 6) is -0.502. The van der Waals surface area contributed by atoms with Crippen molar-refractivity contribution < 1.29 is 9.53 Å². The van der Waals surface area contributed by atoms with Gasteiger partial charge in [0.15, 0.2) is 11.2 Å². The van der Waals surface area contributed by atoms with Crippen LogP contribution in [0, 0.1) is 6.92 Å². The minimum Gasteiger partial charge on any atom is -0.383 e. The molecule has 0 aliphatic carbocycles. The average molecular weight is 482 g/mol. The molecule has 0 aliphatic rings. The quantitative estimate of drug-likeness (QED) is 0.417. The van der Waals surface area contributed by atoms with E-state index in [1.807, 2.05) is 30.3 Å². The second-order valence-corrected chi connectivity index (χ2v) is 8.29. The highest BCUT2D eigenvalue weighted by atomic mass is 35.5. The van der Waals surface area contributed by atoms with Gasteiger partial charge >= 0.3 is 5.69 Å². The van der Waals surface area contributed by atoms with Crippen LogP contribution < -0.4 is 16.6 Å². The van der Waals surface area contributed by atoms with Crippen LogP contribution in [0.15, 0.2) is 64.4 Å². The predicted molar refractivity (Wildman–Crippen MR) is 130 cm³/mol. The number of methoxy groups -OCH3 is 1. The Morgan fingerprint density at radius 2 is 1.88 bits per heavy atom. The first kappa shape index (κ1) is 23.5. The molecule has 2 heterocycles. The highest BCUT2D eigenvalue weighted by Gasteiger charge is 2.20. The second kappa shape index (κ2) is 10.1. The van der Waals surface area contributed by atoms with Crippen molar-refractivity contribution in [2.45, 2.75) is 26.6 Å². The van der Waals surface area contributed by atoms with E-state index in [0.717, 1.165) is 15.7 Å². The number of hydrogen-bond donors (Lipinski definition) is 1. The minimum atomic E-state index is -0.610. The van der Waals surface area contributed by atoms with E-state index in [1.165, 1.54) is 10.9 Å². The first-order chi connectivity index (χ1) is 16.4. The zero-order chi connectivity index (χ0) is 24.2. The van der Waals surface area contributed by atoms with Crippen LogP contribution >= 0.6 is 11.6 Å². The van der Waals surface area contributed by atoms with Gasteiger partial charge in [-0.3, -0.25) is 14.2 Å². The molecule has 0 unspecified atom stereocenters. The summed E-state index contributed by atoms with van der Waals surface area (Å²) in [6.07, 6.45) is 1.51. The number of ether oxygens (including phenoxy) is 1. The molecule has 0 bridgehead atoms. The van der Waals surface area contributed by atoms with E-state index >= 15 is 0 Å². The molecule has 176 valence electrons. The lowest BCUT2D eigenvalue weighted by molar-refractivity contribution is -0.116. The van der Waals surface area contributed by atoms with Crippen LogP contribution in [0.25, 0.3) is 11.2 Å². The maximum absolute atomic E-state index is 13.4. The summed E-state index contributed by atoms with van der Waals surface area (Å²) in [7, 11) is 1.56. The van der Waals surface area contributed by atoms with Crippen LogP contribution in [0.2, 0.25) is 5.02 Å². The fourth-order valence-electron chi connectivity index (χ4n) is 3.75. The Labute approximate surface area is 200 Å². The Morgan fingerprint density at radius 3 is 2.59 bits per heavy atom. The lowest BCUT2D eigenvalue weighted by atomic mass is 10.2. The third kappa shape index (κ3) is 4.80. The number of aromatic nitrogens is 4. The van der Waals surface area contributed by atoms with Crippen molar-refractivity contribution in [3.63, 3.8) is 0 Å². The number of imidazole rings is 1. The summed E-state index contributed by atoms with van der Waals surface area (Å²) in [5, 5.41) is 3.30. The molecule has 4 rings (SSSR count). The van der Waals surface area contributed by atoms with Crippen molar-refractivity contribution in [3.8, 4) is 0 Å². The predicted octanol–water partition coefficient (Wildman–Crippen LogP) is 2.65.